The Morgan fingerprint density at radius 3 is 2.75 bits per heavy atom. The summed E-state index contributed by atoms with van der Waals surface area (Å²) >= 11 is 0. The van der Waals surface area contributed by atoms with Crippen molar-refractivity contribution in [2.45, 2.75) is 27.2 Å². The van der Waals surface area contributed by atoms with E-state index in [9.17, 15) is 9.90 Å². The minimum absolute atomic E-state index is 0.0631. The molecule has 0 saturated heterocycles. The van der Waals surface area contributed by atoms with Crippen LogP contribution in [0.5, 0.6) is 0 Å². The molecule has 7 nitrogen and oxygen atoms in total. The van der Waals surface area contributed by atoms with Gasteiger partial charge < -0.3 is 9.63 Å². The summed E-state index contributed by atoms with van der Waals surface area (Å²) in [7, 11) is 0. The maximum absolute atomic E-state index is 11.4. The van der Waals surface area contributed by atoms with Gasteiger partial charge in [0.15, 0.2) is 0 Å². The fourth-order valence-corrected chi connectivity index (χ4v) is 1.69. The SMILES string of the molecule is CC(C)C(C)(Cc1nc(-c2cnccn2)no1)C(=O)O. The monoisotopic (exact) mass is 276 g/mol. The molecule has 7 heteroatoms. The van der Waals surface area contributed by atoms with Gasteiger partial charge in [-0.15, -0.1) is 0 Å². The predicted octanol–water partition coefficient (Wildman–Crippen LogP) is 1.82. The van der Waals surface area contributed by atoms with Crippen molar-refractivity contribution in [3.63, 3.8) is 0 Å². The highest BCUT2D eigenvalue weighted by Crippen LogP contribution is 2.31. The lowest BCUT2D eigenvalue weighted by atomic mass is 9.76. The Hall–Kier alpha value is -2.31. The molecule has 0 aliphatic heterocycles. The van der Waals surface area contributed by atoms with Gasteiger partial charge in [0.25, 0.3) is 0 Å². The zero-order valence-electron chi connectivity index (χ0n) is 11.6. The minimum Gasteiger partial charge on any atom is -0.481 e. The molecule has 0 amide bonds. The molecule has 0 fully saturated rings. The second-order valence-electron chi connectivity index (χ2n) is 5.16. The molecule has 1 unspecified atom stereocenters. The quantitative estimate of drug-likeness (QED) is 0.888. The predicted molar refractivity (Wildman–Crippen MR) is 69.6 cm³/mol. The maximum Gasteiger partial charge on any atom is 0.310 e. The molecular formula is C13H16N4O3. The first kappa shape index (κ1) is 14.1. The summed E-state index contributed by atoms with van der Waals surface area (Å²) < 4.78 is 5.12. The number of nitrogens with zero attached hydrogens (tertiary/aromatic N) is 4. The number of carbonyl (C=O) groups is 1. The molecule has 0 aromatic carbocycles. The average molecular weight is 276 g/mol. The third kappa shape index (κ3) is 2.66. The van der Waals surface area contributed by atoms with Crippen LogP contribution in [-0.4, -0.2) is 31.2 Å². The maximum atomic E-state index is 11.4. The molecule has 0 aliphatic carbocycles. The number of carboxylic acid groups (broad SMARTS) is 1. The zero-order chi connectivity index (χ0) is 14.8. The molecule has 2 aromatic heterocycles. The molecule has 2 rings (SSSR count). The average Bonchev–Trinajstić information content (AvgIpc) is 2.87. The van der Waals surface area contributed by atoms with Crippen molar-refractivity contribution >= 4 is 5.97 Å². The van der Waals surface area contributed by atoms with Crippen molar-refractivity contribution < 1.29 is 14.4 Å². The number of hydrogen-bond acceptors (Lipinski definition) is 6. The Bertz CT molecular complexity index is 597. The van der Waals surface area contributed by atoms with Crippen LogP contribution in [0, 0.1) is 11.3 Å². The van der Waals surface area contributed by atoms with Crippen LogP contribution in [-0.2, 0) is 11.2 Å². The van der Waals surface area contributed by atoms with E-state index >= 15 is 0 Å². The van der Waals surface area contributed by atoms with Crippen LogP contribution in [0.4, 0.5) is 0 Å². The molecule has 1 N–H and O–H groups in total. The molecule has 1 atom stereocenters. The molecule has 0 bridgehead atoms. The number of aliphatic carboxylic acids is 1. The van der Waals surface area contributed by atoms with Crippen LogP contribution in [0.3, 0.4) is 0 Å². The molecule has 2 heterocycles. The summed E-state index contributed by atoms with van der Waals surface area (Å²) in [5.41, 5.74) is -0.462. The molecule has 0 saturated carbocycles. The number of rotatable bonds is 5. The van der Waals surface area contributed by atoms with Crippen molar-refractivity contribution in [3.8, 4) is 11.5 Å². The molecular weight excluding hydrogens is 260 g/mol. The van der Waals surface area contributed by atoms with Crippen LogP contribution in [0.1, 0.15) is 26.7 Å². The molecule has 0 aliphatic rings. The molecule has 106 valence electrons. The number of carboxylic acids is 1. The Labute approximate surface area is 116 Å². The summed E-state index contributed by atoms with van der Waals surface area (Å²) in [6.07, 6.45) is 4.77. The van der Waals surface area contributed by atoms with E-state index in [0.29, 0.717) is 11.5 Å². The lowest BCUT2D eigenvalue weighted by molar-refractivity contribution is -0.150. The van der Waals surface area contributed by atoms with Crippen molar-refractivity contribution in [1.29, 1.82) is 0 Å². The Morgan fingerprint density at radius 2 is 2.20 bits per heavy atom. The second-order valence-corrected chi connectivity index (χ2v) is 5.16. The second kappa shape index (κ2) is 5.36. The number of hydrogen-bond donors (Lipinski definition) is 1. The van der Waals surface area contributed by atoms with E-state index in [1.165, 1.54) is 12.4 Å². The van der Waals surface area contributed by atoms with Gasteiger partial charge in [0.1, 0.15) is 5.69 Å². The van der Waals surface area contributed by atoms with E-state index < -0.39 is 11.4 Å². The zero-order valence-corrected chi connectivity index (χ0v) is 11.6. The van der Waals surface area contributed by atoms with Crippen molar-refractivity contribution in [1.82, 2.24) is 20.1 Å². The third-order valence-corrected chi connectivity index (χ3v) is 3.54. The van der Waals surface area contributed by atoms with Gasteiger partial charge in [0.2, 0.25) is 11.7 Å². The van der Waals surface area contributed by atoms with Crippen LogP contribution < -0.4 is 0 Å². The molecule has 20 heavy (non-hydrogen) atoms. The summed E-state index contributed by atoms with van der Waals surface area (Å²) in [5, 5.41) is 13.2. The van der Waals surface area contributed by atoms with Gasteiger partial charge in [0.05, 0.1) is 11.6 Å². The van der Waals surface area contributed by atoms with Gasteiger partial charge in [-0.3, -0.25) is 9.78 Å². The van der Waals surface area contributed by atoms with E-state index in [2.05, 4.69) is 20.1 Å². The number of aromatic nitrogens is 4. The van der Waals surface area contributed by atoms with Gasteiger partial charge in [-0.05, 0) is 12.8 Å². The highest BCUT2D eigenvalue weighted by Gasteiger charge is 2.38. The highest BCUT2D eigenvalue weighted by molar-refractivity contribution is 5.74. The lowest BCUT2D eigenvalue weighted by Gasteiger charge is -2.27. The van der Waals surface area contributed by atoms with Gasteiger partial charge >= 0.3 is 5.97 Å². The highest BCUT2D eigenvalue weighted by atomic mass is 16.5. The molecule has 2 aromatic rings. The van der Waals surface area contributed by atoms with Crippen LogP contribution in [0.15, 0.2) is 23.1 Å². The van der Waals surface area contributed by atoms with E-state index in [1.54, 1.807) is 13.1 Å². The lowest BCUT2D eigenvalue weighted by Crippen LogP contribution is -2.35. The summed E-state index contributed by atoms with van der Waals surface area (Å²) in [5.74, 6) is -0.354. The van der Waals surface area contributed by atoms with Crippen LogP contribution >= 0.6 is 0 Å². The fourth-order valence-electron chi connectivity index (χ4n) is 1.69. The van der Waals surface area contributed by atoms with E-state index in [-0.39, 0.29) is 18.2 Å². The normalized spacial score (nSPS) is 14.2. The molecule has 0 spiro atoms. The van der Waals surface area contributed by atoms with Crippen molar-refractivity contribution in [3.05, 3.63) is 24.5 Å². The summed E-state index contributed by atoms with van der Waals surface area (Å²) in [6, 6.07) is 0. The van der Waals surface area contributed by atoms with Crippen LogP contribution in [0.25, 0.3) is 11.5 Å². The fraction of sp³-hybridized carbons (Fsp3) is 0.462. The van der Waals surface area contributed by atoms with Crippen LogP contribution in [0.2, 0.25) is 0 Å². The van der Waals surface area contributed by atoms with Gasteiger partial charge in [-0.2, -0.15) is 4.98 Å². The van der Waals surface area contributed by atoms with E-state index in [0.717, 1.165) is 0 Å². The van der Waals surface area contributed by atoms with E-state index in [1.807, 2.05) is 13.8 Å². The standard InChI is InChI=1S/C13H16N4O3/c1-8(2)13(3,12(18)19)6-10-16-11(17-20-10)9-7-14-4-5-15-9/h4-5,7-8H,6H2,1-3H3,(H,18,19). The first-order chi connectivity index (χ1) is 9.43. The Kier molecular flexibility index (Phi) is 3.78. The smallest absolute Gasteiger partial charge is 0.310 e. The summed E-state index contributed by atoms with van der Waals surface area (Å²) in [4.78, 5) is 23.6. The molecule has 0 radical (unpaired) electrons. The largest absolute Gasteiger partial charge is 0.481 e. The first-order valence-electron chi connectivity index (χ1n) is 6.26. The van der Waals surface area contributed by atoms with E-state index in [4.69, 9.17) is 4.52 Å². The Balaban J connectivity index is 2.24. The van der Waals surface area contributed by atoms with Gasteiger partial charge in [-0.1, -0.05) is 19.0 Å². The first-order valence-corrected chi connectivity index (χ1v) is 6.26. The topological polar surface area (TPSA) is 102 Å². The third-order valence-electron chi connectivity index (χ3n) is 3.54. The minimum atomic E-state index is -0.952. The van der Waals surface area contributed by atoms with Gasteiger partial charge in [-0.25, -0.2) is 4.98 Å². The van der Waals surface area contributed by atoms with Crippen molar-refractivity contribution in [2.24, 2.45) is 11.3 Å². The Morgan fingerprint density at radius 1 is 1.45 bits per heavy atom. The van der Waals surface area contributed by atoms with Crippen molar-refractivity contribution in [2.75, 3.05) is 0 Å². The van der Waals surface area contributed by atoms with Gasteiger partial charge in [0, 0.05) is 18.8 Å². The summed E-state index contributed by atoms with van der Waals surface area (Å²) in [6.45, 7) is 5.38.